The van der Waals surface area contributed by atoms with Crippen molar-refractivity contribution in [2.24, 2.45) is 0 Å². The molecule has 0 spiro atoms. The first-order valence-corrected chi connectivity index (χ1v) is 9.97. The van der Waals surface area contributed by atoms with E-state index in [-0.39, 0.29) is 69.8 Å². The number of fused-ring (bicyclic) bond motifs is 1. The topological polar surface area (TPSA) is 87.1 Å². The summed E-state index contributed by atoms with van der Waals surface area (Å²) in [7, 11) is 0. The van der Waals surface area contributed by atoms with Crippen molar-refractivity contribution >= 4 is 5.65 Å². The molecule has 0 atom stereocenters. The summed E-state index contributed by atoms with van der Waals surface area (Å²) >= 11 is 0. The van der Waals surface area contributed by atoms with Crippen molar-refractivity contribution in [3.63, 3.8) is 0 Å². The van der Waals surface area contributed by atoms with Crippen LogP contribution in [0.2, 0.25) is 0 Å². The quantitative estimate of drug-likeness (QED) is 0.402. The van der Waals surface area contributed by atoms with Crippen molar-refractivity contribution in [1.29, 1.82) is 5.26 Å². The Morgan fingerprint density at radius 1 is 1.03 bits per heavy atom. The van der Waals surface area contributed by atoms with Crippen molar-refractivity contribution in [3.05, 3.63) is 89.9 Å². The Labute approximate surface area is 237 Å². The molecule has 0 unspecified atom stereocenters. The van der Waals surface area contributed by atoms with E-state index in [0.29, 0.717) is 39.4 Å². The minimum absolute atomic E-state index is 0. The second kappa shape index (κ2) is 9.70. The summed E-state index contributed by atoms with van der Waals surface area (Å²) in [5.74, 6) is -1.38. The van der Waals surface area contributed by atoms with Gasteiger partial charge in [0.1, 0.15) is 29.1 Å². The molecule has 0 aliphatic carbocycles. The van der Waals surface area contributed by atoms with Crippen LogP contribution in [0.4, 0.5) is 8.78 Å². The second-order valence-electron chi connectivity index (χ2n) is 7.41. The zero-order valence-corrected chi connectivity index (χ0v) is 21.4. The van der Waals surface area contributed by atoms with Crippen LogP contribution in [0.15, 0.2) is 66.9 Å². The number of pyridine rings is 1. The Bertz CT molecular complexity index is 1580. The van der Waals surface area contributed by atoms with Crippen molar-refractivity contribution in [1.82, 2.24) is 19.6 Å². The Morgan fingerprint density at radius 2 is 1.82 bits per heavy atom. The average Bonchev–Trinajstić information content (AvgIpc) is 3.15. The van der Waals surface area contributed by atoms with Crippen LogP contribution < -0.4 is 51.4 Å². The summed E-state index contributed by atoms with van der Waals surface area (Å²) in [6, 6.07) is 17.1. The van der Waals surface area contributed by atoms with E-state index in [1.807, 2.05) is 6.07 Å². The molecule has 0 fully saturated rings. The number of hydrogen-bond donors (Lipinski definition) is 1. The van der Waals surface area contributed by atoms with Gasteiger partial charge in [-0.3, -0.25) is 0 Å². The molecule has 162 valence electrons. The van der Waals surface area contributed by atoms with Gasteiger partial charge in [0.05, 0.1) is 22.6 Å². The van der Waals surface area contributed by atoms with Gasteiger partial charge in [0.25, 0.3) is 0 Å². The first kappa shape index (κ1) is 24.1. The molecule has 1 N–H and O–H groups in total. The molecule has 6 nitrogen and oxygen atoms in total. The monoisotopic (exact) mass is 479 g/mol. The maximum absolute atomic E-state index is 14.7. The van der Waals surface area contributed by atoms with Gasteiger partial charge in [0.2, 0.25) is 0 Å². The Hall–Kier alpha value is -3.00. The minimum atomic E-state index is -0.732. The van der Waals surface area contributed by atoms with E-state index in [1.54, 1.807) is 49.4 Å². The van der Waals surface area contributed by atoms with E-state index >= 15 is 0 Å². The van der Waals surface area contributed by atoms with E-state index < -0.39 is 11.6 Å². The summed E-state index contributed by atoms with van der Waals surface area (Å²) < 4.78 is 29.8. The molecule has 3 heterocycles. The first-order chi connectivity index (χ1) is 16.0. The number of rotatable bonds is 3. The van der Waals surface area contributed by atoms with Gasteiger partial charge in [-0.15, -0.1) is 0 Å². The third-order valence-corrected chi connectivity index (χ3v) is 5.32. The average molecular weight is 480 g/mol. The van der Waals surface area contributed by atoms with Crippen molar-refractivity contribution < 1.29 is 66.7 Å². The number of phenolic OH excluding ortho intramolecular Hbond substituents is 1. The first-order valence-electron chi connectivity index (χ1n) is 9.97. The molecule has 0 amide bonds. The van der Waals surface area contributed by atoms with Crippen LogP contribution in [-0.2, 0) is 0 Å². The summed E-state index contributed by atoms with van der Waals surface area (Å²) in [5, 5.41) is 24.1. The molecule has 0 aliphatic heterocycles. The Morgan fingerprint density at radius 3 is 2.50 bits per heavy atom. The zero-order valence-electron chi connectivity index (χ0n) is 19.3. The number of para-hydroxylation sites is 1. The zero-order chi connectivity index (χ0) is 23.1. The maximum atomic E-state index is 14.7. The Balaban J connectivity index is 0.00000171. The molecular formula is C25H16F2KN5O. The van der Waals surface area contributed by atoms with Gasteiger partial charge >= 0.3 is 51.4 Å². The van der Waals surface area contributed by atoms with Gasteiger partial charge in [-0.1, -0.05) is 12.1 Å². The fourth-order valence-electron chi connectivity index (χ4n) is 3.77. The molecular weight excluding hydrogens is 463 g/mol. The smallest absolute Gasteiger partial charge is 1.00 e. The van der Waals surface area contributed by atoms with Gasteiger partial charge in [-0.2, -0.15) is 10.4 Å². The van der Waals surface area contributed by atoms with Gasteiger partial charge in [0.15, 0.2) is 5.65 Å². The SMILES string of the molecule is Cc1nn2c(-c3ccccc3O)cc(-c3ccc(C#N)nc3)nc2c1-c1ccc(F)cc1F.[H-].[K+]. The van der Waals surface area contributed by atoms with Crippen molar-refractivity contribution in [2.45, 2.75) is 6.92 Å². The number of phenols is 1. The number of hydrogen-bond acceptors (Lipinski definition) is 5. The van der Waals surface area contributed by atoms with Crippen molar-refractivity contribution in [2.75, 3.05) is 0 Å². The van der Waals surface area contributed by atoms with Gasteiger partial charge < -0.3 is 6.53 Å². The molecule has 5 rings (SSSR count). The predicted molar refractivity (Wildman–Crippen MR) is 119 cm³/mol. The fourth-order valence-corrected chi connectivity index (χ4v) is 3.77. The normalized spacial score (nSPS) is 10.6. The van der Waals surface area contributed by atoms with E-state index in [1.165, 1.54) is 22.8 Å². The molecule has 0 bridgehead atoms. The number of nitrogens with zero attached hydrogens (tertiary/aromatic N) is 5. The Kier molecular flexibility index (Phi) is 6.88. The number of halogens is 2. The van der Waals surface area contributed by atoms with Crippen LogP contribution in [0.3, 0.4) is 0 Å². The molecule has 0 aliphatic rings. The van der Waals surface area contributed by atoms with Crippen LogP contribution in [-0.4, -0.2) is 24.7 Å². The third-order valence-electron chi connectivity index (χ3n) is 5.32. The molecule has 0 radical (unpaired) electrons. The summed E-state index contributed by atoms with van der Waals surface area (Å²) in [6.07, 6.45) is 1.52. The molecule has 5 aromatic rings. The van der Waals surface area contributed by atoms with Gasteiger partial charge in [-0.25, -0.2) is 23.3 Å². The third kappa shape index (κ3) is 4.27. The van der Waals surface area contributed by atoms with Crippen LogP contribution in [0, 0.1) is 29.9 Å². The van der Waals surface area contributed by atoms with Gasteiger partial charge in [-0.05, 0) is 49.4 Å². The molecule has 9 heteroatoms. The van der Waals surface area contributed by atoms with Crippen LogP contribution in [0.5, 0.6) is 5.75 Å². The maximum Gasteiger partial charge on any atom is 1.00 e. The minimum Gasteiger partial charge on any atom is -1.00 e. The number of aryl methyl sites for hydroxylation is 1. The predicted octanol–water partition coefficient (Wildman–Crippen LogP) is 2.41. The number of aromatic hydroxyl groups is 1. The van der Waals surface area contributed by atoms with E-state index in [0.717, 1.165) is 6.07 Å². The van der Waals surface area contributed by atoms with E-state index in [4.69, 9.17) is 10.2 Å². The van der Waals surface area contributed by atoms with Crippen LogP contribution in [0.1, 0.15) is 12.8 Å². The standard InChI is InChI=1S/C25H15F2N5O.K.H/c1-14-24(18-9-7-16(26)10-20(18)27)25-30-21(15-6-8-17(12-28)29-13-15)11-22(32(25)31-14)19-4-2-3-5-23(19)33;;/h2-11,13,33H,1H3;;/q;+1;-1. The molecule has 0 saturated carbocycles. The van der Waals surface area contributed by atoms with Gasteiger partial charge in [0, 0.05) is 29.0 Å². The van der Waals surface area contributed by atoms with E-state index in [2.05, 4.69) is 10.1 Å². The van der Waals surface area contributed by atoms with Crippen LogP contribution in [0.25, 0.3) is 39.3 Å². The number of benzene rings is 2. The summed E-state index contributed by atoms with van der Waals surface area (Å²) in [4.78, 5) is 8.82. The number of nitriles is 1. The van der Waals surface area contributed by atoms with Crippen molar-refractivity contribution in [3.8, 4) is 45.5 Å². The molecule has 3 aromatic heterocycles. The van der Waals surface area contributed by atoms with Crippen LogP contribution >= 0.6 is 0 Å². The largest absolute Gasteiger partial charge is 1.00 e. The second-order valence-corrected chi connectivity index (χ2v) is 7.41. The summed E-state index contributed by atoms with van der Waals surface area (Å²) in [5.41, 5.74) is 3.78. The van der Waals surface area contributed by atoms with E-state index in [9.17, 15) is 13.9 Å². The fraction of sp³-hybridized carbons (Fsp3) is 0.0400. The summed E-state index contributed by atoms with van der Waals surface area (Å²) in [6.45, 7) is 1.71. The molecule has 0 saturated heterocycles. The number of aromatic nitrogens is 4. The molecule has 34 heavy (non-hydrogen) atoms. The molecule has 2 aromatic carbocycles.